The van der Waals surface area contributed by atoms with Gasteiger partial charge in [-0.2, -0.15) is 0 Å². The number of carboxylic acid groups (broad SMARTS) is 1. The van der Waals surface area contributed by atoms with E-state index in [1.165, 1.54) is 26.4 Å². The van der Waals surface area contributed by atoms with Gasteiger partial charge < -0.3 is 59.1 Å². The zero-order valence-electron chi connectivity index (χ0n) is 18.6. The summed E-state index contributed by atoms with van der Waals surface area (Å²) in [6.45, 7) is -0.942. The second-order valence-corrected chi connectivity index (χ2v) is 7.78. The van der Waals surface area contributed by atoms with Gasteiger partial charge in [-0.1, -0.05) is 0 Å². The average Bonchev–Trinajstić information content (AvgIpc) is 2.85. The highest BCUT2D eigenvalue weighted by Gasteiger charge is 2.44. The highest BCUT2D eigenvalue weighted by Crippen LogP contribution is 2.58. The molecule has 35 heavy (non-hydrogen) atoms. The van der Waals surface area contributed by atoms with Crippen molar-refractivity contribution < 1.29 is 63.9 Å². The molecular formula is C22H24O13. The van der Waals surface area contributed by atoms with Gasteiger partial charge in [-0.15, -0.1) is 0 Å². The van der Waals surface area contributed by atoms with Gasteiger partial charge in [0.25, 0.3) is 0 Å². The van der Waals surface area contributed by atoms with Gasteiger partial charge in [-0.05, 0) is 12.1 Å². The Balaban J connectivity index is 1.66. The number of carbonyl (C=O) groups is 1. The van der Waals surface area contributed by atoms with Gasteiger partial charge in [0.05, 0.1) is 26.4 Å². The molecule has 4 rings (SSSR count). The van der Waals surface area contributed by atoms with Crippen LogP contribution in [0.2, 0.25) is 0 Å². The summed E-state index contributed by atoms with van der Waals surface area (Å²) in [6.07, 6.45) is -6.85. The number of aliphatic hydroxyl groups is 4. The van der Waals surface area contributed by atoms with Crippen LogP contribution in [-0.2, 0) is 4.74 Å². The van der Waals surface area contributed by atoms with E-state index in [-0.39, 0.29) is 52.4 Å². The van der Waals surface area contributed by atoms with Crippen molar-refractivity contribution in [3.8, 4) is 46.0 Å². The highest BCUT2D eigenvalue weighted by atomic mass is 16.6. The molecule has 2 aliphatic rings. The highest BCUT2D eigenvalue weighted by molar-refractivity contribution is 5.89. The van der Waals surface area contributed by atoms with Crippen LogP contribution in [0.25, 0.3) is 0 Å². The molecule has 5 atom stereocenters. The molecule has 6 N–H and O–H groups in total. The maximum absolute atomic E-state index is 11.3. The Morgan fingerprint density at radius 2 is 1.60 bits per heavy atom. The lowest BCUT2D eigenvalue weighted by Crippen LogP contribution is -2.59. The van der Waals surface area contributed by atoms with Gasteiger partial charge in [0, 0.05) is 6.07 Å². The van der Waals surface area contributed by atoms with E-state index in [0.717, 1.165) is 6.07 Å². The third kappa shape index (κ3) is 4.35. The van der Waals surface area contributed by atoms with Crippen molar-refractivity contribution in [3.63, 3.8) is 0 Å². The summed E-state index contributed by atoms with van der Waals surface area (Å²) in [6, 6.07) is 3.57. The first-order valence-electron chi connectivity index (χ1n) is 10.4. The Labute approximate surface area is 198 Å². The molecule has 1 fully saturated rings. The molecule has 0 spiro atoms. The van der Waals surface area contributed by atoms with Gasteiger partial charge in [-0.25, -0.2) is 4.79 Å². The van der Waals surface area contributed by atoms with E-state index in [1.54, 1.807) is 0 Å². The van der Waals surface area contributed by atoms with Gasteiger partial charge in [-0.3, -0.25) is 0 Å². The minimum atomic E-state index is -1.58. The third-order valence-electron chi connectivity index (χ3n) is 5.64. The van der Waals surface area contributed by atoms with Crippen molar-refractivity contribution in [1.29, 1.82) is 0 Å². The Kier molecular flexibility index (Phi) is 6.78. The fraction of sp³-hybridized carbons (Fsp3) is 0.409. The number of carboxylic acids is 1. The number of rotatable bonds is 7. The zero-order valence-corrected chi connectivity index (χ0v) is 18.6. The number of aliphatic hydroxyl groups excluding tert-OH is 4. The summed E-state index contributed by atoms with van der Waals surface area (Å²) in [7, 11) is 2.65. The molecule has 2 aromatic rings. The van der Waals surface area contributed by atoms with Gasteiger partial charge in [0.15, 0.2) is 23.0 Å². The van der Waals surface area contributed by atoms with Crippen molar-refractivity contribution in [3.05, 3.63) is 23.8 Å². The minimum Gasteiger partial charge on any atom is -0.504 e. The zero-order chi connectivity index (χ0) is 25.4. The number of benzene rings is 2. The van der Waals surface area contributed by atoms with Crippen LogP contribution in [0.5, 0.6) is 46.0 Å². The van der Waals surface area contributed by atoms with Crippen molar-refractivity contribution in [2.75, 3.05) is 27.4 Å². The number of phenols is 1. The number of aromatic carboxylic acids is 1. The molecule has 1 saturated heterocycles. The molecule has 0 aliphatic carbocycles. The van der Waals surface area contributed by atoms with Gasteiger partial charge in [0.2, 0.25) is 23.0 Å². The molecule has 13 heteroatoms. The van der Waals surface area contributed by atoms with Crippen LogP contribution in [0.1, 0.15) is 10.4 Å². The van der Waals surface area contributed by atoms with Crippen LogP contribution in [0.15, 0.2) is 18.2 Å². The van der Waals surface area contributed by atoms with E-state index in [1.807, 2.05) is 0 Å². The average molecular weight is 496 g/mol. The molecule has 190 valence electrons. The van der Waals surface area contributed by atoms with E-state index in [2.05, 4.69) is 0 Å². The monoisotopic (exact) mass is 496 g/mol. The van der Waals surface area contributed by atoms with Gasteiger partial charge >= 0.3 is 5.97 Å². The number of hydrogen-bond acceptors (Lipinski definition) is 12. The molecule has 0 unspecified atom stereocenters. The lowest BCUT2D eigenvalue weighted by Gasteiger charge is -2.39. The normalized spacial score (nSPS) is 24.9. The maximum Gasteiger partial charge on any atom is 0.335 e. The number of phenolic OH excluding ortho intramolecular Hbond substituents is 1. The Hall–Kier alpha value is -3.49. The number of aromatic hydroxyl groups is 1. The van der Waals surface area contributed by atoms with E-state index in [9.17, 15) is 35.4 Å². The predicted octanol–water partition coefficient (Wildman–Crippen LogP) is 0.227. The summed E-state index contributed by atoms with van der Waals surface area (Å²) >= 11 is 0. The summed E-state index contributed by atoms with van der Waals surface area (Å²) in [5.41, 5.74) is -0.216. The van der Waals surface area contributed by atoms with Crippen LogP contribution < -0.4 is 23.7 Å². The summed E-state index contributed by atoms with van der Waals surface area (Å²) in [4.78, 5) is 11.3. The fourth-order valence-electron chi connectivity index (χ4n) is 3.81. The van der Waals surface area contributed by atoms with E-state index in [4.69, 9.17) is 28.4 Å². The second kappa shape index (κ2) is 9.64. The molecule has 2 heterocycles. The van der Waals surface area contributed by atoms with Crippen LogP contribution in [0.4, 0.5) is 0 Å². The maximum atomic E-state index is 11.3. The number of ether oxygens (including phenoxy) is 6. The smallest absolute Gasteiger partial charge is 0.335 e. The summed E-state index contributed by atoms with van der Waals surface area (Å²) in [5.74, 6) is -1.79. The van der Waals surface area contributed by atoms with Crippen molar-refractivity contribution in [1.82, 2.24) is 0 Å². The minimum absolute atomic E-state index is 0.000550. The van der Waals surface area contributed by atoms with Crippen molar-refractivity contribution in [2.24, 2.45) is 0 Å². The molecule has 0 aromatic heterocycles. The number of methoxy groups -OCH3 is 2. The van der Waals surface area contributed by atoms with E-state index in [0.29, 0.717) is 0 Å². The van der Waals surface area contributed by atoms with E-state index < -0.39 is 48.8 Å². The third-order valence-corrected chi connectivity index (χ3v) is 5.64. The topological polar surface area (TPSA) is 194 Å². The first kappa shape index (κ1) is 24.6. The predicted molar refractivity (Wildman–Crippen MR) is 114 cm³/mol. The molecule has 0 bridgehead atoms. The SMILES string of the molecule is COc1cc2c(c(OC)c1OC[C@@H]1O[C@H](CO)[C@@H](O)[C@H](O)[C@H]1O)Oc1c(O)cc(C(=O)O)cc1O2. The lowest BCUT2D eigenvalue weighted by atomic mass is 9.95. The largest absolute Gasteiger partial charge is 0.504 e. The first-order valence-corrected chi connectivity index (χ1v) is 10.4. The first-order chi connectivity index (χ1) is 16.7. The standard InChI is InChI=1S/C22H24O13/c1-30-10-5-12-20(35-18-9(24)3-8(22(28)29)4-11(18)33-12)21(31-2)19(10)32-7-14-16(26)17(27)15(25)13(6-23)34-14/h3-5,13-17,23-27H,6-7H2,1-2H3,(H,28,29)/t13-,14+,15-,16+,17+/m1/s1. The second-order valence-electron chi connectivity index (χ2n) is 7.78. The Morgan fingerprint density at radius 1 is 0.914 bits per heavy atom. The van der Waals surface area contributed by atoms with Crippen LogP contribution in [0, 0.1) is 0 Å². The Bertz CT molecular complexity index is 1120. The Morgan fingerprint density at radius 3 is 2.23 bits per heavy atom. The molecule has 0 amide bonds. The fourth-order valence-corrected chi connectivity index (χ4v) is 3.81. The molecule has 0 saturated carbocycles. The molecule has 2 aliphatic heterocycles. The summed E-state index contributed by atoms with van der Waals surface area (Å²) in [5, 5.41) is 59.1. The lowest BCUT2D eigenvalue weighted by molar-refractivity contribution is -0.234. The number of hydrogen-bond donors (Lipinski definition) is 6. The van der Waals surface area contributed by atoms with E-state index >= 15 is 0 Å². The molecule has 2 aromatic carbocycles. The summed E-state index contributed by atoms with van der Waals surface area (Å²) < 4.78 is 33.5. The molecule has 0 radical (unpaired) electrons. The van der Waals surface area contributed by atoms with Crippen LogP contribution >= 0.6 is 0 Å². The van der Waals surface area contributed by atoms with Gasteiger partial charge in [0.1, 0.15) is 37.1 Å². The van der Waals surface area contributed by atoms with Crippen LogP contribution in [0.3, 0.4) is 0 Å². The van der Waals surface area contributed by atoms with Crippen LogP contribution in [-0.4, -0.2) is 94.6 Å². The molecular weight excluding hydrogens is 472 g/mol. The molecule has 13 nitrogen and oxygen atoms in total. The quantitative estimate of drug-likeness (QED) is 0.260. The number of fused-ring (bicyclic) bond motifs is 2. The van der Waals surface area contributed by atoms with Crippen molar-refractivity contribution in [2.45, 2.75) is 30.5 Å². The van der Waals surface area contributed by atoms with Crippen molar-refractivity contribution >= 4 is 5.97 Å².